The SMILES string of the molecule is CC(=O)c1nn(-c2ccc(C)cc2)c(=Nc2ccccc2)s1. The number of carbonyl (C=O) groups excluding carboxylic acids is 1. The van der Waals surface area contributed by atoms with E-state index in [4.69, 9.17) is 0 Å². The van der Waals surface area contributed by atoms with Crippen molar-refractivity contribution >= 4 is 22.8 Å². The standard InChI is InChI=1S/C17H15N3OS/c1-12-8-10-15(11-9-12)20-17(22-16(19-20)13(2)21)18-14-6-4-3-5-7-14/h3-11H,1-2H3. The smallest absolute Gasteiger partial charge is 0.213 e. The van der Waals surface area contributed by atoms with Gasteiger partial charge in [-0.15, -0.1) is 0 Å². The molecule has 22 heavy (non-hydrogen) atoms. The third-order valence-electron chi connectivity index (χ3n) is 3.12. The Bertz CT molecular complexity index is 861. The topological polar surface area (TPSA) is 47.2 Å². The van der Waals surface area contributed by atoms with Gasteiger partial charge < -0.3 is 0 Å². The van der Waals surface area contributed by atoms with Crippen LogP contribution in [0.5, 0.6) is 0 Å². The number of aromatic nitrogens is 2. The molecule has 0 aliphatic carbocycles. The van der Waals surface area contributed by atoms with Crippen molar-refractivity contribution in [2.24, 2.45) is 4.99 Å². The Balaban J connectivity index is 2.18. The highest BCUT2D eigenvalue weighted by Gasteiger charge is 2.10. The molecule has 0 unspecified atom stereocenters. The lowest BCUT2D eigenvalue weighted by Gasteiger charge is -2.01. The van der Waals surface area contributed by atoms with Crippen molar-refractivity contribution in [3.8, 4) is 5.69 Å². The van der Waals surface area contributed by atoms with Gasteiger partial charge in [0.05, 0.1) is 11.4 Å². The predicted molar refractivity (Wildman–Crippen MR) is 87.8 cm³/mol. The summed E-state index contributed by atoms with van der Waals surface area (Å²) in [6, 6.07) is 17.6. The minimum absolute atomic E-state index is 0.0552. The first-order valence-corrected chi connectivity index (χ1v) is 7.73. The summed E-state index contributed by atoms with van der Waals surface area (Å²) in [5.41, 5.74) is 2.90. The first kappa shape index (κ1) is 14.4. The number of hydrogen-bond donors (Lipinski definition) is 0. The Kier molecular flexibility index (Phi) is 3.98. The molecule has 0 amide bonds. The Morgan fingerprint density at radius 2 is 1.77 bits per heavy atom. The van der Waals surface area contributed by atoms with E-state index in [-0.39, 0.29) is 5.78 Å². The summed E-state index contributed by atoms with van der Waals surface area (Å²) >= 11 is 1.30. The van der Waals surface area contributed by atoms with Crippen LogP contribution < -0.4 is 4.80 Å². The molecule has 0 spiro atoms. The van der Waals surface area contributed by atoms with E-state index in [2.05, 4.69) is 10.1 Å². The number of rotatable bonds is 3. The van der Waals surface area contributed by atoms with E-state index in [1.54, 1.807) is 4.68 Å². The van der Waals surface area contributed by atoms with Gasteiger partial charge in [0.1, 0.15) is 0 Å². The Labute approximate surface area is 132 Å². The van der Waals surface area contributed by atoms with Crippen molar-refractivity contribution in [1.82, 2.24) is 9.78 Å². The van der Waals surface area contributed by atoms with E-state index in [1.807, 2.05) is 61.5 Å². The van der Waals surface area contributed by atoms with Crippen molar-refractivity contribution in [1.29, 1.82) is 0 Å². The van der Waals surface area contributed by atoms with Gasteiger partial charge in [-0.3, -0.25) is 4.79 Å². The van der Waals surface area contributed by atoms with Crippen molar-refractivity contribution in [2.75, 3.05) is 0 Å². The lowest BCUT2D eigenvalue weighted by Crippen LogP contribution is -2.14. The zero-order chi connectivity index (χ0) is 15.5. The molecule has 0 bridgehead atoms. The van der Waals surface area contributed by atoms with Crippen molar-refractivity contribution < 1.29 is 4.79 Å². The molecule has 110 valence electrons. The molecule has 0 saturated heterocycles. The maximum atomic E-state index is 11.6. The van der Waals surface area contributed by atoms with Gasteiger partial charge in [-0.1, -0.05) is 47.2 Å². The minimum atomic E-state index is -0.0552. The van der Waals surface area contributed by atoms with Gasteiger partial charge in [-0.25, -0.2) is 9.67 Å². The van der Waals surface area contributed by atoms with Gasteiger partial charge in [0.15, 0.2) is 10.8 Å². The van der Waals surface area contributed by atoms with E-state index >= 15 is 0 Å². The van der Waals surface area contributed by atoms with Crippen LogP contribution in [0.1, 0.15) is 22.3 Å². The van der Waals surface area contributed by atoms with Crippen LogP contribution in [0.3, 0.4) is 0 Å². The third kappa shape index (κ3) is 3.04. The molecular formula is C17H15N3OS. The van der Waals surface area contributed by atoms with Crippen LogP contribution in [0.25, 0.3) is 5.69 Å². The number of hydrogen-bond acceptors (Lipinski definition) is 4. The van der Waals surface area contributed by atoms with Gasteiger partial charge in [0, 0.05) is 6.92 Å². The largest absolute Gasteiger partial charge is 0.292 e. The van der Waals surface area contributed by atoms with Gasteiger partial charge >= 0.3 is 0 Å². The number of aryl methyl sites for hydroxylation is 1. The summed E-state index contributed by atoms with van der Waals surface area (Å²) in [6.07, 6.45) is 0. The second-order valence-electron chi connectivity index (χ2n) is 4.94. The summed E-state index contributed by atoms with van der Waals surface area (Å²) < 4.78 is 1.72. The average molecular weight is 309 g/mol. The fraction of sp³-hybridized carbons (Fsp3) is 0.118. The number of ketones is 1. The van der Waals surface area contributed by atoms with Crippen molar-refractivity contribution in [2.45, 2.75) is 13.8 Å². The van der Waals surface area contributed by atoms with Crippen LogP contribution in [0.15, 0.2) is 59.6 Å². The second-order valence-corrected chi connectivity index (χ2v) is 5.90. The number of carbonyl (C=O) groups is 1. The second kappa shape index (κ2) is 6.07. The molecule has 0 aliphatic rings. The molecule has 1 aromatic heterocycles. The lowest BCUT2D eigenvalue weighted by molar-refractivity contribution is 0.101. The van der Waals surface area contributed by atoms with E-state index in [9.17, 15) is 4.79 Å². The molecule has 0 saturated carbocycles. The molecular weight excluding hydrogens is 294 g/mol. The van der Waals surface area contributed by atoms with Gasteiger partial charge in [0.25, 0.3) is 0 Å². The zero-order valence-corrected chi connectivity index (χ0v) is 13.2. The third-order valence-corrected chi connectivity index (χ3v) is 4.13. The Morgan fingerprint density at radius 3 is 2.41 bits per heavy atom. The molecule has 3 rings (SSSR count). The van der Waals surface area contributed by atoms with Crippen LogP contribution in [-0.4, -0.2) is 15.6 Å². The predicted octanol–water partition coefficient (Wildman–Crippen LogP) is 3.68. The summed E-state index contributed by atoms with van der Waals surface area (Å²) in [7, 11) is 0. The molecule has 0 radical (unpaired) electrons. The molecule has 3 aromatic rings. The van der Waals surface area contributed by atoms with E-state index in [0.29, 0.717) is 9.81 Å². The van der Waals surface area contributed by atoms with Crippen LogP contribution in [0, 0.1) is 6.92 Å². The molecule has 0 atom stereocenters. The number of para-hydroxylation sites is 1. The van der Waals surface area contributed by atoms with E-state index < -0.39 is 0 Å². The van der Waals surface area contributed by atoms with Crippen molar-refractivity contribution in [3.05, 3.63) is 70.0 Å². The van der Waals surface area contributed by atoms with Crippen LogP contribution in [0.4, 0.5) is 5.69 Å². The number of benzene rings is 2. The number of nitrogens with zero attached hydrogens (tertiary/aromatic N) is 3. The Morgan fingerprint density at radius 1 is 1.09 bits per heavy atom. The quantitative estimate of drug-likeness (QED) is 0.693. The molecule has 2 aromatic carbocycles. The van der Waals surface area contributed by atoms with Gasteiger partial charge in [0.2, 0.25) is 4.80 Å². The monoisotopic (exact) mass is 309 g/mol. The highest BCUT2D eigenvalue weighted by atomic mass is 32.1. The molecule has 0 N–H and O–H groups in total. The summed E-state index contributed by atoms with van der Waals surface area (Å²) in [5.74, 6) is -0.0552. The molecule has 1 heterocycles. The van der Waals surface area contributed by atoms with E-state index in [0.717, 1.165) is 11.4 Å². The van der Waals surface area contributed by atoms with Crippen molar-refractivity contribution in [3.63, 3.8) is 0 Å². The highest BCUT2D eigenvalue weighted by molar-refractivity contribution is 7.11. The molecule has 4 nitrogen and oxygen atoms in total. The average Bonchev–Trinajstić information content (AvgIpc) is 2.93. The van der Waals surface area contributed by atoms with E-state index in [1.165, 1.54) is 23.8 Å². The normalized spacial score (nSPS) is 11.6. The summed E-state index contributed by atoms with van der Waals surface area (Å²) in [6.45, 7) is 3.55. The van der Waals surface area contributed by atoms with Gasteiger partial charge in [-0.05, 0) is 31.2 Å². The number of Topliss-reactive ketones (excluding diaryl/α,β-unsaturated/α-hetero) is 1. The summed E-state index contributed by atoms with van der Waals surface area (Å²) in [4.78, 5) is 16.9. The molecule has 0 fully saturated rings. The minimum Gasteiger partial charge on any atom is -0.292 e. The first-order chi connectivity index (χ1) is 10.6. The van der Waals surface area contributed by atoms with Crippen LogP contribution in [-0.2, 0) is 0 Å². The highest BCUT2D eigenvalue weighted by Crippen LogP contribution is 2.13. The molecule has 0 aliphatic heterocycles. The Hall–Kier alpha value is -2.53. The van der Waals surface area contributed by atoms with Crippen LogP contribution >= 0.6 is 11.3 Å². The van der Waals surface area contributed by atoms with Crippen LogP contribution in [0.2, 0.25) is 0 Å². The first-order valence-electron chi connectivity index (χ1n) is 6.91. The maximum Gasteiger partial charge on any atom is 0.213 e. The zero-order valence-electron chi connectivity index (χ0n) is 12.4. The summed E-state index contributed by atoms with van der Waals surface area (Å²) in [5, 5.41) is 4.85. The fourth-order valence-corrected chi connectivity index (χ4v) is 2.79. The lowest BCUT2D eigenvalue weighted by atomic mass is 10.2. The van der Waals surface area contributed by atoms with Gasteiger partial charge in [-0.2, -0.15) is 5.10 Å². The maximum absolute atomic E-state index is 11.6. The fourth-order valence-electron chi connectivity index (χ4n) is 1.96. The molecule has 5 heteroatoms.